The van der Waals surface area contributed by atoms with E-state index in [1.807, 2.05) is 67.0 Å². The lowest BCUT2D eigenvalue weighted by Crippen LogP contribution is -2.37. The number of carbonyl (C=O) groups excluding carboxylic acids is 1. The van der Waals surface area contributed by atoms with E-state index in [2.05, 4.69) is 20.2 Å². The van der Waals surface area contributed by atoms with Crippen molar-refractivity contribution in [3.63, 3.8) is 0 Å². The van der Waals surface area contributed by atoms with Gasteiger partial charge in [-0.1, -0.05) is 36.4 Å². The minimum Gasteiger partial charge on any atom is -0.490 e. The maximum atomic E-state index is 12.5. The molecule has 0 spiro atoms. The van der Waals surface area contributed by atoms with Crippen molar-refractivity contribution < 1.29 is 9.53 Å². The largest absolute Gasteiger partial charge is 0.490 e. The first-order chi connectivity index (χ1) is 14.8. The molecule has 0 aliphatic carbocycles. The van der Waals surface area contributed by atoms with E-state index in [-0.39, 0.29) is 12.0 Å². The van der Waals surface area contributed by atoms with E-state index in [1.165, 1.54) is 0 Å². The van der Waals surface area contributed by atoms with Crippen molar-refractivity contribution in [1.82, 2.24) is 20.2 Å². The van der Waals surface area contributed by atoms with Gasteiger partial charge in [0.1, 0.15) is 18.2 Å². The second-order valence-electron chi connectivity index (χ2n) is 7.54. The molecule has 0 radical (unpaired) electrons. The summed E-state index contributed by atoms with van der Waals surface area (Å²) in [5.41, 5.74) is 2.82. The number of piperidine rings is 1. The van der Waals surface area contributed by atoms with E-state index in [1.54, 1.807) is 6.33 Å². The van der Waals surface area contributed by atoms with Crippen LogP contribution in [0.1, 0.15) is 34.3 Å². The Labute approximate surface area is 176 Å². The Kier molecular flexibility index (Phi) is 6.67. The van der Waals surface area contributed by atoms with E-state index in [9.17, 15) is 4.79 Å². The van der Waals surface area contributed by atoms with Gasteiger partial charge in [0.25, 0.3) is 5.91 Å². The van der Waals surface area contributed by atoms with Gasteiger partial charge in [0.15, 0.2) is 0 Å². The van der Waals surface area contributed by atoms with Gasteiger partial charge >= 0.3 is 0 Å². The first-order valence-corrected chi connectivity index (χ1v) is 10.3. The number of amides is 1. The van der Waals surface area contributed by atoms with Gasteiger partial charge in [-0.05, 0) is 36.6 Å². The first kappa shape index (κ1) is 20.0. The molecule has 2 aromatic carbocycles. The molecular weight excluding hydrogens is 376 g/mol. The molecule has 0 saturated carbocycles. The molecule has 30 heavy (non-hydrogen) atoms. The fraction of sp³-hybridized carbons (Fsp3) is 0.292. The standard InChI is InChI=1S/C24H26N4O2/c29-24(27-16-19-5-2-1-3-6-19)21-7-4-8-23(13-21)30-22-9-11-28(12-10-22)17-20-14-25-18-26-15-20/h1-8,13-15,18,22H,9-12,16-17H2,(H,27,29). The van der Waals surface area contributed by atoms with E-state index in [0.29, 0.717) is 12.1 Å². The molecule has 1 amide bonds. The summed E-state index contributed by atoms with van der Waals surface area (Å²) in [5.74, 6) is 0.654. The summed E-state index contributed by atoms with van der Waals surface area (Å²) in [4.78, 5) is 23.0. The number of hydrogen-bond acceptors (Lipinski definition) is 5. The molecule has 1 aliphatic rings. The van der Waals surface area contributed by atoms with Crippen LogP contribution in [-0.4, -0.2) is 40.0 Å². The lowest BCUT2D eigenvalue weighted by Gasteiger charge is -2.32. The Bertz CT molecular complexity index is 942. The average Bonchev–Trinajstić information content (AvgIpc) is 2.80. The Morgan fingerprint density at radius 2 is 1.77 bits per heavy atom. The highest BCUT2D eigenvalue weighted by atomic mass is 16.5. The topological polar surface area (TPSA) is 67.3 Å². The molecule has 4 rings (SSSR count). The van der Waals surface area contributed by atoms with Gasteiger partial charge in [-0.2, -0.15) is 0 Å². The molecule has 0 bridgehead atoms. The summed E-state index contributed by atoms with van der Waals surface area (Å²) >= 11 is 0. The van der Waals surface area contributed by atoms with Crippen molar-refractivity contribution in [3.8, 4) is 5.75 Å². The Hall–Kier alpha value is -3.25. The molecule has 6 heteroatoms. The van der Waals surface area contributed by atoms with E-state index in [0.717, 1.165) is 49.4 Å². The van der Waals surface area contributed by atoms with Gasteiger partial charge in [0, 0.05) is 49.7 Å². The van der Waals surface area contributed by atoms with Gasteiger partial charge in [0.2, 0.25) is 0 Å². The molecule has 0 atom stereocenters. The Morgan fingerprint density at radius 1 is 1.00 bits per heavy atom. The van der Waals surface area contributed by atoms with E-state index < -0.39 is 0 Å². The molecule has 154 valence electrons. The maximum Gasteiger partial charge on any atom is 0.251 e. The van der Waals surface area contributed by atoms with Crippen LogP contribution in [0.3, 0.4) is 0 Å². The maximum absolute atomic E-state index is 12.5. The number of aromatic nitrogens is 2. The van der Waals surface area contributed by atoms with Crippen LogP contribution in [0.25, 0.3) is 0 Å². The van der Waals surface area contributed by atoms with Crippen molar-refractivity contribution in [2.45, 2.75) is 32.0 Å². The van der Waals surface area contributed by atoms with Gasteiger partial charge in [-0.15, -0.1) is 0 Å². The van der Waals surface area contributed by atoms with Gasteiger partial charge in [-0.3, -0.25) is 9.69 Å². The average molecular weight is 402 g/mol. The number of carbonyl (C=O) groups is 1. The Balaban J connectivity index is 1.27. The number of likely N-dealkylation sites (tertiary alicyclic amines) is 1. The zero-order chi connectivity index (χ0) is 20.6. The van der Waals surface area contributed by atoms with Crippen molar-refractivity contribution in [2.24, 2.45) is 0 Å². The second-order valence-corrected chi connectivity index (χ2v) is 7.54. The lowest BCUT2D eigenvalue weighted by atomic mass is 10.1. The molecule has 1 N–H and O–H groups in total. The SMILES string of the molecule is O=C(NCc1ccccc1)c1cccc(OC2CCN(Cc3cncnc3)CC2)c1. The second kappa shape index (κ2) is 9.98. The fourth-order valence-corrected chi connectivity index (χ4v) is 3.64. The highest BCUT2D eigenvalue weighted by Gasteiger charge is 2.21. The van der Waals surface area contributed by atoms with Crippen LogP contribution in [0.2, 0.25) is 0 Å². The summed E-state index contributed by atoms with van der Waals surface area (Å²) in [5, 5.41) is 2.96. The van der Waals surface area contributed by atoms with Crippen molar-refractivity contribution in [2.75, 3.05) is 13.1 Å². The number of nitrogens with zero attached hydrogens (tertiary/aromatic N) is 3. The van der Waals surface area contributed by atoms with Crippen molar-refractivity contribution in [3.05, 3.63) is 90.0 Å². The smallest absolute Gasteiger partial charge is 0.251 e. The fourth-order valence-electron chi connectivity index (χ4n) is 3.64. The summed E-state index contributed by atoms with van der Waals surface area (Å²) < 4.78 is 6.18. The lowest BCUT2D eigenvalue weighted by molar-refractivity contribution is 0.0934. The van der Waals surface area contributed by atoms with Crippen LogP contribution in [-0.2, 0) is 13.1 Å². The first-order valence-electron chi connectivity index (χ1n) is 10.3. The molecule has 1 aliphatic heterocycles. The number of nitrogens with one attached hydrogen (secondary N) is 1. The van der Waals surface area contributed by atoms with E-state index >= 15 is 0 Å². The highest BCUT2D eigenvalue weighted by molar-refractivity contribution is 5.94. The van der Waals surface area contributed by atoms with Crippen molar-refractivity contribution >= 4 is 5.91 Å². The molecule has 6 nitrogen and oxygen atoms in total. The minimum atomic E-state index is -0.0933. The summed E-state index contributed by atoms with van der Waals surface area (Å²) in [6.07, 6.45) is 7.36. The van der Waals surface area contributed by atoms with Crippen LogP contribution >= 0.6 is 0 Å². The van der Waals surface area contributed by atoms with Gasteiger partial charge < -0.3 is 10.1 Å². The molecule has 1 aromatic heterocycles. The van der Waals surface area contributed by atoms with Crippen LogP contribution in [0, 0.1) is 0 Å². The molecule has 0 unspecified atom stereocenters. The highest BCUT2D eigenvalue weighted by Crippen LogP contribution is 2.21. The predicted octanol–water partition coefficient (Wildman–Crippen LogP) is 3.45. The third kappa shape index (κ3) is 5.64. The predicted molar refractivity (Wildman–Crippen MR) is 115 cm³/mol. The molecule has 2 heterocycles. The summed E-state index contributed by atoms with van der Waals surface area (Å²) in [6, 6.07) is 17.3. The zero-order valence-electron chi connectivity index (χ0n) is 16.9. The number of benzene rings is 2. The number of rotatable bonds is 7. The number of hydrogen-bond donors (Lipinski definition) is 1. The van der Waals surface area contributed by atoms with Crippen LogP contribution in [0.5, 0.6) is 5.75 Å². The Morgan fingerprint density at radius 3 is 2.53 bits per heavy atom. The number of ether oxygens (including phenoxy) is 1. The quantitative estimate of drug-likeness (QED) is 0.656. The van der Waals surface area contributed by atoms with E-state index in [4.69, 9.17) is 4.74 Å². The zero-order valence-corrected chi connectivity index (χ0v) is 16.9. The van der Waals surface area contributed by atoms with Crippen LogP contribution in [0.4, 0.5) is 0 Å². The minimum absolute atomic E-state index is 0.0933. The molecule has 3 aromatic rings. The summed E-state index contributed by atoms with van der Waals surface area (Å²) in [7, 11) is 0. The normalized spacial score (nSPS) is 14.9. The molecule has 1 fully saturated rings. The van der Waals surface area contributed by atoms with Gasteiger partial charge in [-0.25, -0.2) is 9.97 Å². The molecule has 1 saturated heterocycles. The van der Waals surface area contributed by atoms with Crippen molar-refractivity contribution in [1.29, 1.82) is 0 Å². The monoisotopic (exact) mass is 402 g/mol. The third-order valence-electron chi connectivity index (χ3n) is 5.25. The van der Waals surface area contributed by atoms with Crippen LogP contribution in [0.15, 0.2) is 73.3 Å². The van der Waals surface area contributed by atoms with Crippen LogP contribution < -0.4 is 10.1 Å². The van der Waals surface area contributed by atoms with Gasteiger partial charge in [0.05, 0.1) is 0 Å². The third-order valence-corrected chi connectivity index (χ3v) is 5.25. The summed E-state index contributed by atoms with van der Waals surface area (Å²) in [6.45, 7) is 3.31. The molecular formula is C24H26N4O2.